The second-order valence-electron chi connectivity index (χ2n) is 5.84. The van der Waals surface area contributed by atoms with Crippen LogP contribution in [0.25, 0.3) is 0 Å². The Bertz CT molecular complexity index is 809. The van der Waals surface area contributed by atoms with Crippen LogP contribution in [0.2, 0.25) is 0 Å². The first-order valence-electron chi connectivity index (χ1n) is 7.33. The van der Waals surface area contributed by atoms with E-state index in [1.165, 1.54) is 5.56 Å². The first-order valence-corrected chi connectivity index (χ1v) is 8.41. The van der Waals surface area contributed by atoms with Crippen molar-refractivity contribution in [2.75, 3.05) is 19.8 Å². The number of hydrogen-bond donors (Lipinski definition) is 1. The predicted molar refractivity (Wildman–Crippen MR) is 90.6 cm³/mol. The zero-order valence-electron chi connectivity index (χ0n) is 12.4. The molecule has 1 aromatic carbocycles. The van der Waals surface area contributed by atoms with Gasteiger partial charge < -0.3 is 14.8 Å². The number of halogens is 1. The summed E-state index contributed by atoms with van der Waals surface area (Å²) in [4.78, 5) is 24.7. The number of Topliss-reactive ketones (excluding diaryl/α,β-unsaturated/α-hetero) is 1. The Hall–Kier alpha value is -1.67. The van der Waals surface area contributed by atoms with E-state index >= 15 is 0 Å². The topological polar surface area (TPSA) is 64.6 Å². The number of rotatable bonds is 1. The molecule has 0 aromatic heterocycles. The van der Waals surface area contributed by atoms with Crippen LogP contribution in [0.3, 0.4) is 0 Å². The van der Waals surface area contributed by atoms with Gasteiger partial charge in [0.05, 0.1) is 17.9 Å². The monoisotopic (exact) mass is 423 g/mol. The molecule has 6 heteroatoms. The van der Waals surface area contributed by atoms with Gasteiger partial charge in [0.15, 0.2) is 5.78 Å². The lowest BCUT2D eigenvalue weighted by Crippen LogP contribution is -2.37. The number of dihydropyridines is 1. The lowest BCUT2D eigenvalue weighted by molar-refractivity contribution is -0.136. The maximum absolute atomic E-state index is 12.5. The summed E-state index contributed by atoms with van der Waals surface area (Å²) in [6.45, 7) is 2.66. The first kappa shape index (κ1) is 14.9. The summed E-state index contributed by atoms with van der Waals surface area (Å²) in [6, 6.07) is 6.04. The SMILES string of the molecule is Cc1ccc([C@H]2C3=C(COCC3=O)NC3=C2C(=O)OC3)cc1I. The summed E-state index contributed by atoms with van der Waals surface area (Å²) in [5, 5.41) is 3.17. The quantitative estimate of drug-likeness (QED) is 0.553. The molecule has 1 aromatic rings. The van der Waals surface area contributed by atoms with E-state index in [1.807, 2.05) is 25.1 Å². The molecule has 1 N–H and O–H groups in total. The van der Waals surface area contributed by atoms with Crippen LogP contribution in [0.5, 0.6) is 0 Å². The second-order valence-corrected chi connectivity index (χ2v) is 7.01. The molecule has 0 fully saturated rings. The maximum Gasteiger partial charge on any atom is 0.337 e. The van der Waals surface area contributed by atoms with Crippen molar-refractivity contribution in [3.63, 3.8) is 0 Å². The van der Waals surface area contributed by atoms with E-state index in [9.17, 15) is 9.59 Å². The smallest absolute Gasteiger partial charge is 0.337 e. The van der Waals surface area contributed by atoms with E-state index in [4.69, 9.17) is 9.47 Å². The molecular formula is C17H14INO4. The highest BCUT2D eigenvalue weighted by Gasteiger charge is 2.43. The molecule has 0 amide bonds. The number of nitrogens with one attached hydrogen (secondary N) is 1. The highest BCUT2D eigenvalue weighted by Crippen LogP contribution is 2.42. The molecule has 0 unspecified atom stereocenters. The third-order valence-corrected chi connectivity index (χ3v) is 5.57. The van der Waals surface area contributed by atoms with E-state index in [-0.39, 0.29) is 30.9 Å². The van der Waals surface area contributed by atoms with Gasteiger partial charge >= 0.3 is 5.97 Å². The molecule has 0 saturated heterocycles. The van der Waals surface area contributed by atoms with Crippen molar-refractivity contribution in [1.29, 1.82) is 0 Å². The van der Waals surface area contributed by atoms with Gasteiger partial charge in [-0.1, -0.05) is 12.1 Å². The Labute approximate surface area is 146 Å². The van der Waals surface area contributed by atoms with E-state index in [1.54, 1.807) is 0 Å². The molecule has 0 saturated carbocycles. The molecular weight excluding hydrogens is 409 g/mol. The molecule has 0 radical (unpaired) electrons. The van der Waals surface area contributed by atoms with Gasteiger partial charge in [0.2, 0.25) is 0 Å². The number of aryl methyl sites for hydroxylation is 1. The summed E-state index contributed by atoms with van der Waals surface area (Å²) in [6.07, 6.45) is 0. The summed E-state index contributed by atoms with van der Waals surface area (Å²) in [5.74, 6) is -0.800. The standard InChI is InChI=1S/C17H14INO4/c1-8-2-3-9(4-10(8)18)14-15-11(5-22-7-13(15)20)19-12-6-23-17(21)16(12)14/h2-4,14,19H,5-7H2,1H3/t14-/m0/s1. The summed E-state index contributed by atoms with van der Waals surface area (Å²) >= 11 is 2.27. The normalized spacial score (nSPS) is 23.5. The summed E-state index contributed by atoms with van der Waals surface area (Å²) < 4.78 is 11.6. The van der Waals surface area contributed by atoms with Crippen molar-refractivity contribution in [2.24, 2.45) is 0 Å². The third-order valence-electron chi connectivity index (χ3n) is 4.41. The van der Waals surface area contributed by atoms with Gasteiger partial charge in [-0.2, -0.15) is 0 Å². The van der Waals surface area contributed by atoms with Gasteiger partial charge in [0.25, 0.3) is 0 Å². The van der Waals surface area contributed by atoms with Crippen LogP contribution in [0.15, 0.2) is 40.7 Å². The van der Waals surface area contributed by atoms with Gasteiger partial charge in [-0.25, -0.2) is 4.79 Å². The molecule has 3 aliphatic rings. The Balaban J connectivity index is 1.91. The minimum absolute atomic E-state index is 0.0532. The number of ketones is 1. The van der Waals surface area contributed by atoms with Gasteiger partial charge in [0.1, 0.15) is 13.2 Å². The number of cyclic esters (lactones) is 1. The average molecular weight is 423 g/mol. The fraction of sp³-hybridized carbons (Fsp3) is 0.294. The van der Waals surface area contributed by atoms with Crippen LogP contribution in [0, 0.1) is 10.5 Å². The van der Waals surface area contributed by atoms with Gasteiger partial charge in [-0.15, -0.1) is 0 Å². The van der Waals surface area contributed by atoms with E-state index in [2.05, 4.69) is 27.9 Å². The van der Waals surface area contributed by atoms with Crippen LogP contribution in [-0.2, 0) is 19.1 Å². The Morgan fingerprint density at radius 1 is 1.13 bits per heavy atom. The second kappa shape index (κ2) is 5.45. The number of ether oxygens (including phenoxy) is 2. The van der Waals surface area contributed by atoms with Crippen LogP contribution in [0.4, 0.5) is 0 Å². The third kappa shape index (κ3) is 2.31. The van der Waals surface area contributed by atoms with Gasteiger partial charge in [-0.05, 0) is 46.7 Å². The van der Waals surface area contributed by atoms with Crippen molar-refractivity contribution in [3.8, 4) is 0 Å². The minimum atomic E-state index is -0.373. The summed E-state index contributed by atoms with van der Waals surface area (Å²) in [7, 11) is 0. The highest BCUT2D eigenvalue weighted by atomic mass is 127. The van der Waals surface area contributed by atoms with Crippen LogP contribution in [0.1, 0.15) is 17.0 Å². The Morgan fingerprint density at radius 3 is 2.70 bits per heavy atom. The number of hydrogen-bond acceptors (Lipinski definition) is 5. The molecule has 3 heterocycles. The zero-order valence-corrected chi connectivity index (χ0v) is 14.6. The number of carbonyl (C=O) groups excluding carboxylic acids is 2. The number of carbonyl (C=O) groups is 2. The molecule has 0 aliphatic carbocycles. The van der Waals surface area contributed by atoms with Crippen molar-refractivity contribution in [3.05, 3.63) is 55.4 Å². The van der Waals surface area contributed by atoms with Crippen molar-refractivity contribution in [1.82, 2.24) is 5.32 Å². The molecule has 0 bridgehead atoms. The summed E-state index contributed by atoms with van der Waals surface area (Å²) in [5.41, 5.74) is 4.79. The molecule has 1 atom stereocenters. The van der Waals surface area contributed by atoms with Gasteiger partial charge in [0, 0.05) is 20.8 Å². The highest BCUT2D eigenvalue weighted by molar-refractivity contribution is 14.1. The molecule has 118 valence electrons. The maximum atomic E-state index is 12.5. The molecule has 0 spiro atoms. The molecule has 5 nitrogen and oxygen atoms in total. The molecule has 3 aliphatic heterocycles. The lowest BCUT2D eigenvalue weighted by Gasteiger charge is -2.32. The fourth-order valence-corrected chi connectivity index (χ4v) is 3.81. The van der Waals surface area contributed by atoms with E-state index < -0.39 is 0 Å². The van der Waals surface area contributed by atoms with Crippen molar-refractivity contribution in [2.45, 2.75) is 12.8 Å². The van der Waals surface area contributed by atoms with Crippen molar-refractivity contribution < 1.29 is 19.1 Å². The van der Waals surface area contributed by atoms with Gasteiger partial charge in [-0.3, -0.25) is 4.79 Å². The van der Waals surface area contributed by atoms with Crippen molar-refractivity contribution >= 4 is 34.3 Å². The lowest BCUT2D eigenvalue weighted by atomic mass is 9.78. The van der Waals surface area contributed by atoms with E-state index in [0.717, 1.165) is 20.5 Å². The Morgan fingerprint density at radius 2 is 1.91 bits per heavy atom. The number of benzene rings is 1. The first-order chi connectivity index (χ1) is 11.1. The molecule has 23 heavy (non-hydrogen) atoms. The zero-order chi connectivity index (χ0) is 16.1. The van der Waals surface area contributed by atoms with Crippen LogP contribution >= 0.6 is 22.6 Å². The average Bonchev–Trinajstić information content (AvgIpc) is 2.90. The molecule has 4 rings (SSSR count). The van der Waals surface area contributed by atoms with E-state index in [0.29, 0.717) is 17.8 Å². The predicted octanol–water partition coefficient (Wildman–Crippen LogP) is 1.95. The Kier molecular flexibility index (Phi) is 3.53. The number of esters is 1. The fourth-order valence-electron chi connectivity index (χ4n) is 3.27. The van der Waals surface area contributed by atoms with Crippen LogP contribution in [-0.4, -0.2) is 31.6 Å². The largest absolute Gasteiger partial charge is 0.456 e. The van der Waals surface area contributed by atoms with Crippen LogP contribution < -0.4 is 5.32 Å². The minimum Gasteiger partial charge on any atom is -0.456 e.